The van der Waals surface area contributed by atoms with E-state index in [1.54, 1.807) is 0 Å². The second kappa shape index (κ2) is 13.8. The number of aryl methyl sites for hydroxylation is 2. The summed E-state index contributed by atoms with van der Waals surface area (Å²) in [6.07, 6.45) is 0. The van der Waals surface area contributed by atoms with Crippen LogP contribution in [0.1, 0.15) is 90.1 Å². The fraction of sp³-hybridized carbons (Fsp3) is 0.318. The van der Waals surface area contributed by atoms with E-state index in [1.165, 1.54) is 16.7 Å². The first-order chi connectivity index (χ1) is 22.8. The fourth-order valence-electron chi connectivity index (χ4n) is 6.23. The molecule has 0 radical (unpaired) electrons. The lowest BCUT2D eigenvalue weighted by molar-refractivity contribution is 0.587. The van der Waals surface area contributed by atoms with Gasteiger partial charge in [-0.15, -0.1) is 0 Å². The number of benzene rings is 5. The van der Waals surface area contributed by atoms with Gasteiger partial charge >= 0.3 is 0 Å². The second-order valence-corrected chi connectivity index (χ2v) is 17.9. The van der Waals surface area contributed by atoms with Gasteiger partial charge in [-0.05, 0) is 147 Å². The number of hydrogen-bond donors (Lipinski definition) is 0. The average molecular weight is 757 g/mol. The molecule has 256 valence electrons. The summed E-state index contributed by atoms with van der Waals surface area (Å²) in [7, 11) is 0. The highest BCUT2D eigenvalue weighted by molar-refractivity contribution is 9.10. The molecule has 0 aromatic heterocycles. The first kappa shape index (κ1) is 37.0. The third kappa shape index (κ3) is 8.06. The summed E-state index contributed by atoms with van der Waals surface area (Å²) in [6.45, 7) is 24.6. The van der Waals surface area contributed by atoms with Crippen LogP contribution in [0.3, 0.4) is 0 Å². The SMILES string of the molecule is Cc1cc(Cl)ccc1N(c1ccc(C(C)(C)C)cc1)c1cc(N(c2ccc(C(C)(C)C)cc2)c2ccc(Cl)cc2C)c(Br)c(C(C)(C)C)c1. The standard InChI is InChI=1S/C44H49BrCl2N2/c1-28-24-32(46)16-22-38(28)48(34-18-12-30(13-19-34)42(3,4)5)36-26-37(44(9,10)11)41(45)40(27-36)49(39-23-17-33(47)25-29(39)2)35-20-14-31(15-21-35)43(6,7)8/h12-27H,1-11H3. The zero-order valence-electron chi connectivity index (χ0n) is 30.8. The van der Waals surface area contributed by atoms with Crippen molar-refractivity contribution in [2.45, 2.75) is 92.4 Å². The number of halogens is 3. The van der Waals surface area contributed by atoms with Crippen molar-refractivity contribution in [3.05, 3.63) is 139 Å². The molecule has 0 unspecified atom stereocenters. The molecule has 0 atom stereocenters. The van der Waals surface area contributed by atoms with Crippen molar-refractivity contribution >= 4 is 73.3 Å². The topological polar surface area (TPSA) is 6.48 Å². The Morgan fingerprint density at radius 2 is 0.857 bits per heavy atom. The quantitative estimate of drug-likeness (QED) is 0.170. The zero-order chi connectivity index (χ0) is 36.1. The maximum atomic E-state index is 6.52. The van der Waals surface area contributed by atoms with Crippen LogP contribution >= 0.6 is 39.1 Å². The van der Waals surface area contributed by atoms with E-state index in [2.05, 4.69) is 175 Å². The molecule has 0 N–H and O–H groups in total. The first-order valence-corrected chi connectivity index (χ1v) is 18.5. The van der Waals surface area contributed by atoms with Gasteiger partial charge in [-0.1, -0.05) is 110 Å². The van der Waals surface area contributed by atoms with Crippen molar-refractivity contribution in [3.63, 3.8) is 0 Å². The van der Waals surface area contributed by atoms with E-state index < -0.39 is 0 Å². The highest BCUT2D eigenvalue weighted by Crippen LogP contribution is 2.49. The van der Waals surface area contributed by atoms with Crippen molar-refractivity contribution in [2.75, 3.05) is 9.80 Å². The summed E-state index contributed by atoms with van der Waals surface area (Å²) in [5.41, 5.74) is 12.3. The van der Waals surface area contributed by atoms with Crippen LogP contribution in [0.5, 0.6) is 0 Å². The molecule has 0 aliphatic rings. The molecule has 0 bridgehead atoms. The summed E-state index contributed by atoms with van der Waals surface area (Å²) < 4.78 is 1.05. The Kier molecular flexibility index (Phi) is 10.4. The molecule has 5 aromatic rings. The van der Waals surface area contributed by atoms with Gasteiger partial charge in [0.1, 0.15) is 0 Å². The van der Waals surface area contributed by atoms with E-state index in [0.717, 1.165) is 59.8 Å². The van der Waals surface area contributed by atoms with Crippen LogP contribution < -0.4 is 9.80 Å². The van der Waals surface area contributed by atoms with E-state index in [1.807, 2.05) is 24.3 Å². The minimum atomic E-state index is -0.169. The van der Waals surface area contributed by atoms with Gasteiger partial charge in [0.15, 0.2) is 0 Å². The number of rotatable bonds is 6. The Hall–Kier alpha value is -3.24. The molecular weight excluding hydrogens is 707 g/mol. The summed E-state index contributed by atoms with van der Waals surface area (Å²) in [5.74, 6) is 0. The Morgan fingerprint density at radius 1 is 0.449 bits per heavy atom. The third-order valence-electron chi connectivity index (χ3n) is 9.13. The number of hydrogen-bond acceptors (Lipinski definition) is 2. The third-order valence-corrected chi connectivity index (χ3v) is 10.4. The predicted molar refractivity (Wildman–Crippen MR) is 219 cm³/mol. The van der Waals surface area contributed by atoms with Crippen molar-refractivity contribution in [2.24, 2.45) is 0 Å². The highest BCUT2D eigenvalue weighted by Gasteiger charge is 2.28. The van der Waals surface area contributed by atoms with E-state index >= 15 is 0 Å². The predicted octanol–water partition coefficient (Wildman–Crippen LogP) is 15.2. The second-order valence-electron chi connectivity index (χ2n) is 16.2. The highest BCUT2D eigenvalue weighted by atomic mass is 79.9. The molecule has 0 saturated heterocycles. The molecule has 5 heteroatoms. The smallest absolute Gasteiger partial charge is 0.0627 e. The van der Waals surface area contributed by atoms with Crippen LogP contribution in [0.15, 0.2) is 102 Å². The zero-order valence-corrected chi connectivity index (χ0v) is 33.9. The molecule has 0 aliphatic carbocycles. The maximum Gasteiger partial charge on any atom is 0.0627 e. The van der Waals surface area contributed by atoms with Gasteiger partial charge in [0.25, 0.3) is 0 Å². The summed E-state index contributed by atoms with van der Waals surface area (Å²) in [4.78, 5) is 4.72. The van der Waals surface area contributed by atoms with Crippen LogP contribution in [-0.2, 0) is 16.2 Å². The fourth-order valence-corrected chi connectivity index (χ4v) is 7.68. The lowest BCUT2D eigenvalue weighted by Gasteiger charge is -2.35. The van der Waals surface area contributed by atoms with Gasteiger partial charge in [0.05, 0.1) is 5.69 Å². The lowest BCUT2D eigenvalue weighted by Crippen LogP contribution is -2.20. The van der Waals surface area contributed by atoms with Crippen molar-refractivity contribution in [1.82, 2.24) is 0 Å². The minimum Gasteiger partial charge on any atom is -0.310 e. The largest absolute Gasteiger partial charge is 0.310 e. The van der Waals surface area contributed by atoms with Crippen LogP contribution in [-0.4, -0.2) is 0 Å². The normalized spacial score (nSPS) is 12.3. The van der Waals surface area contributed by atoms with Crippen molar-refractivity contribution < 1.29 is 0 Å². The molecule has 0 spiro atoms. The molecule has 0 amide bonds. The van der Waals surface area contributed by atoms with E-state index in [-0.39, 0.29) is 16.2 Å². The molecule has 2 nitrogen and oxygen atoms in total. The summed E-state index contributed by atoms with van der Waals surface area (Å²) in [5, 5.41) is 1.44. The van der Waals surface area contributed by atoms with E-state index in [9.17, 15) is 0 Å². The lowest BCUT2D eigenvalue weighted by atomic mass is 9.85. The van der Waals surface area contributed by atoms with Crippen LogP contribution in [0.4, 0.5) is 34.1 Å². The Morgan fingerprint density at radius 3 is 1.24 bits per heavy atom. The van der Waals surface area contributed by atoms with Crippen LogP contribution in [0.25, 0.3) is 0 Å². The van der Waals surface area contributed by atoms with Gasteiger partial charge in [0, 0.05) is 43.0 Å². The maximum absolute atomic E-state index is 6.52. The van der Waals surface area contributed by atoms with Gasteiger partial charge in [-0.2, -0.15) is 0 Å². The molecule has 49 heavy (non-hydrogen) atoms. The van der Waals surface area contributed by atoms with Crippen LogP contribution in [0, 0.1) is 13.8 Å². The van der Waals surface area contributed by atoms with Crippen LogP contribution in [0.2, 0.25) is 10.0 Å². The van der Waals surface area contributed by atoms with Crippen molar-refractivity contribution in [3.8, 4) is 0 Å². The molecule has 0 fully saturated rings. The monoisotopic (exact) mass is 754 g/mol. The number of anilines is 6. The molecule has 0 aliphatic heterocycles. The molecular formula is C44H49BrCl2N2. The first-order valence-electron chi connectivity index (χ1n) is 16.9. The van der Waals surface area contributed by atoms with Gasteiger partial charge in [0.2, 0.25) is 0 Å². The Bertz CT molecular complexity index is 1960. The number of nitrogens with zero attached hydrogens (tertiary/aromatic N) is 2. The Labute approximate surface area is 313 Å². The molecule has 0 heterocycles. The van der Waals surface area contributed by atoms with E-state index in [0.29, 0.717) is 0 Å². The van der Waals surface area contributed by atoms with Gasteiger partial charge in [-0.25, -0.2) is 0 Å². The summed E-state index contributed by atoms with van der Waals surface area (Å²) in [6, 6.07) is 34.8. The molecule has 0 saturated carbocycles. The van der Waals surface area contributed by atoms with E-state index in [4.69, 9.17) is 23.2 Å². The summed E-state index contributed by atoms with van der Waals surface area (Å²) >= 11 is 17.2. The average Bonchev–Trinajstić information content (AvgIpc) is 3.00. The van der Waals surface area contributed by atoms with Crippen molar-refractivity contribution in [1.29, 1.82) is 0 Å². The van der Waals surface area contributed by atoms with Gasteiger partial charge < -0.3 is 9.80 Å². The Balaban J connectivity index is 1.85. The molecule has 5 rings (SSSR count). The minimum absolute atomic E-state index is 0.0406. The van der Waals surface area contributed by atoms with Gasteiger partial charge in [-0.3, -0.25) is 0 Å². The molecule has 5 aromatic carbocycles.